The van der Waals surface area contributed by atoms with Gasteiger partial charge in [-0.25, -0.2) is 0 Å². The first-order valence-corrected chi connectivity index (χ1v) is 8.07. The van der Waals surface area contributed by atoms with E-state index in [4.69, 9.17) is 17.3 Å². The maximum absolute atomic E-state index is 6.14. The van der Waals surface area contributed by atoms with E-state index in [9.17, 15) is 0 Å². The fourth-order valence-corrected chi connectivity index (χ4v) is 3.00. The molecule has 3 heteroatoms. The Bertz CT molecular complexity index is 384. The van der Waals surface area contributed by atoms with Gasteiger partial charge in [-0.3, -0.25) is 4.90 Å². The lowest BCUT2D eigenvalue weighted by Crippen LogP contribution is -2.52. The molecule has 0 saturated heterocycles. The Morgan fingerprint density at radius 1 is 1.25 bits per heavy atom. The topological polar surface area (TPSA) is 29.3 Å². The van der Waals surface area contributed by atoms with E-state index in [-0.39, 0.29) is 5.54 Å². The molecule has 2 N–H and O–H groups in total. The van der Waals surface area contributed by atoms with Crippen LogP contribution in [0.15, 0.2) is 24.3 Å². The molecule has 0 amide bonds. The van der Waals surface area contributed by atoms with Crippen molar-refractivity contribution in [2.45, 2.75) is 58.0 Å². The first-order chi connectivity index (χ1) is 9.50. The molecule has 0 radical (unpaired) electrons. The van der Waals surface area contributed by atoms with Gasteiger partial charge in [0, 0.05) is 23.1 Å². The van der Waals surface area contributed by atoms with Gasteiger partial charge in [0.25, 0.3) is 0 Å². The van der Waals surface area contributed by atoms with Crippen LogP contribution in [-0.2, 0) is 0 Å². The summed E-state index contributed by atoms with van der Waals surface area (Å²) in [5.74, 6) is 0. The summed E-state index contributed by atoms with van der Waals surface area (Å²) in [5, 5.41) is 0.787. The van der Waals surface area contributed by atoms with E-state index in [1.807, 2.05) is 12.1 Å². The number of nitrogens with two attached hydrogens (primary N) is 1. The minimum Gasteiger partial charge on any atom is -0.329 e. The molecule has 1 aromatic carbocycles. The molecule has 0 heterocycles. The Morgan fingerprint density at radius 2 is 1.85 bits per heavy atom. The third kappa shape index (κ3) is 3.97. The summed E-state index contributed by atoms with van der Waals surface area (Å²) in [6, 6.07) is 8.49. The maximum Gasteiger partial charge on any atom is 0.0406 e. The molecule has 20 heavy (non-hydrogen) atoms. The molecule has 2 nitrogen and oxygen atoms in total. The van der Waals surface area contributed by atoms with Crippen molar-refractivity contribution in [3.05, 3.63) is 34.9 Å². The van der Waals surface area contributed by atoms with Gasteiger partial charge in [0.2, 0.25) is 0 Å². The number of likely N-dealkylation sites (N-methyl/N-ethyl adjacent to an activating group) is 1. The van der Waals surface area contributed by atoms with E-state index in [1.165, 1.54) is 18.4 Å². The van der Waals surface area contributed by atoms with Crippen LogP contribution < -0.4 is 5.73 Å². The molecule has 0 aliphatic rings. The summed E-state index contributed by atoms with van der Waals surface area (Å²) in [6.07, 6.45) is 4.68. The molecular weight excluding hydrogens is 268 g/mol. The van der Waals surface area contributed by atoms with Crippen LogP contribution in [-0.4, -0.2) is 24.0 Å². The van der Waals surface area contributed by atoms with Crippen LogP contribution in [0.5, 0.6) is 0 Å². The highest BCUT2D eigenvalue weighted by Crippen LogP contribution is 2.32. The van der Waals surface area contributed by atoms with Crippen molar-refractivity contribution >= 4 is 11.6 Å². The zero-order valence-electron chi connectivity index (χ0n) is 13.3. The van der Waals surface area contributed by atoms with E-state index in [1.54, 1.807) is 0 Å². The van der Waals surface area contributed by atoms with Gasteiger partial charge in [0.05, 0.1) is 0 Å². The quantitative estimate of drug-likeness (QED) is 0.758. The molecule has 0 aliphatic heterocycles. The van der Waals surface area contributed by atoms with E-state index < -0.39 is 0 Å². The summed E-state index contributed by atoms with van der Waals surface area (Å²) in [5.41, 5.74) is 7.52. The fourth-order valence-electron chi connectivity index (χ4n) is 2.87. The molecule has 2 atom stereocenters. The van der Waals surface area contributed by atoms with Crippen molar-refractivity contribution in [3.63, 3.8) is 0 Å². The maximum atomic E-state index is 6.14. The first-order valence-electron chi connectivity index (χ1n) is 7.69. The standard InChI is InChI=1S/C17H29ClN2/c1-5-7-12-17(6-2,13-19)20(4)14(3)15-8-10-16(18)11-9-15/h8-11,14H,5-7,12-13,19H2,1-4H3. The molecule has 0 fully saturated rings. The molecule has 0 aliphatic carbocycles. The Labute approximate surface area is 129 Å². The Morgan fingerprint density at radius 3 is 2.30 bits per heavy atom. The van der Waals surface area contributed by atoms with Crippen molar-refractivity contribution in [2.75, 3.05) is 13.6 Å². The van der Waals surface area contributed by atoms with Crippen LogP contribution in [0.3, 0.4) is 0 Å². The Hall–Kier alpha value is -0.570. The molecule has 0 bridgehead atoms. The molecule has 1 rings (SSSR count). The highest BCUT2D eigenvalue weighted by molar-refractivity contribution is 6.30. The summed E-state index contributed by atoms with van der Waals surface area (Å²) in [6.45, 7) is 7.43. The smallest absolute Gasteiger partial charge is 0.0406 e. The van der Waals surface area contributed by atoms with Crippen molar-refractivity contribution in [1.82, 2.24) is 4.90 Å². The van der Waals surface area contributed by atoms with Crippen LogP contribution in [0.2, 0.25) is 5.02 Å². The van der Waals surface area contributed by atoms with Gasteiger partial charge in [0.1, 0.15) is 0 Å². The van der Waals surface area contributed by atoms with Gasteiger partial charge in [-0.15, -0.1) is 0 Å². The lowest BCUT2D eigenvalue weighted by atomic mass is 9.86. The third-order valence-electron chi connectivity index (χ3n) is 4.72. The van der Waals surface area contributed by atoms with Crippen LogP contribution in [0, 0.1) is 0 Å². The third-order valence-corrected chi connectivity index (χ3v) is 4.97. The van der Waals surface area contributed by atoms with Crippen molar-refractivity contribution < 1.29 is 0 Å². The second-order valence-electron chi connectivity index (χ2n) is 5.72. The zero-order chi connectivity index (χ0) is 15.2. The SMILES string of the molecule is CCCCC(CC)(CN)N(C)C(C)c1ccc(Cl)cc1. The molecule has 0 saturated carbocycles. The number of hydrogen-bond donors (Lipinski definition) is 1. The molecule has 1 aromatic rings. The summed E-state index contributed by atoms with van der Waals surface area (Å²) in [7, 11) is 2.20. The number of halogens is 1. The highest BCUT2D eigenvalue weighted by Gasteiger charge is 2.33. The first kappa shape index (κ1) is 17.5. The molecule has 114 valence electrons. The van der Waals surface area contributed by atoms with E-state index in [0.717, 1.165) is 17.9 Å². The number of nitrogens with zero attached hydrogens (tertiary/aromatic N) is 1. The highest BCUT2D eigenvalue weighted by atomic mass is 35.5. The largest absolute Gasteiger partial charge is 0.329 e. The average Bonchev–Trinajstić information content (AvgIpc) is 2.48. The van der Waals surface area contributed by atoms with Crippen molar-refractivity contribution in [1.29, 1.82) is 0 Å². The van der Waals surface area contributed by atoms with E-state index in [2.05, 4.69) is 44.9 Å². The second-order valence-corrected chi connectivity index (χ2v) is 6.16. The monoisotopic (exact) mass is 296 g/mol. The summed E-state index contributed by atoms with van der Waals surface area (Å²) in [4.78, 5) is 2.45. The number of hydrogen-bond acceptors (Lipinski definition) is 2. The van der Waals surface area contributed by atoms with Gasteiger partial charge >= 0.3 is 0 Å². The normalized spacial score (nSPS) is 16.1. The predicted molar refractivity (Wildman–Crippen MR) is 89.2 cm³/mol. The zero-order valence-corrected chi connectivity index (χ0v) is 14.1. The Kier molecular flexibility index (Phi) is 7.01. The van der Waals surface area contributed by atoms with E-state index in [0.29, 0.717) is 12.6 Å². The minimum absolute atomic E-state index is 0.0923. The van der Waals surface area contributed by atoms with Gasteiger partial charge in [-0.2, -0.15) is 0 Å². The number of rotatable bonds is 8. The number of unbranched alkanes of at least 4 members (excludes halogenated alkanes) is 1. The van der Waals surface area contributed by atoms with Gasteiger partial charge in [-0.1, -0.05) is 50.4 Å². The van der Waals surface area contributed by atoms with Crippen molar-refractivity contribution in [3.8, 4) is 0 Å². The van der Waals surface area contributed by atoms with Gasteiger partial charge < -0.3 is 5.73 Å². The molecule has 0 spiro atoms. The van der Waals surface area contributed by atoms with E-state index >= 15 is 0 Å². The molecular formula is C17H29ClN2. The fraction of sp³-hybridized carbons (Fsp3) is 0.647. The lowest BCUT2D eigenvalue weighted by Gasteiger charge is -2.44. The molecule has 2 unspecified atom stereocenters. The predicted octanol–water partition coefficient (Wildman–Crippen LogP) is 4.63. The van der Waals surface area contributed by atoms with Crippen molar-refractivity contribution in [2.24, 2.45) is 5.73 Å². The molecule has 0 aromatic heterocycles. The van der Waals surface area contributed by atoms with Gasteiger partial charge in [0.15, 0.2) is 0 Å². The van der Waals surface area contributed by atoms with Crippen LogP contribution in [0.4, 0.5) is 0 Å². The minimum atomic E-state index is 0.0923. The second kappa shape index (κ2) is 8.02. The summed E-state index contributed by atoms with van der Waals surface area (Å²) >= 11 is 5.98. The average molecular weight is 297 g/mol. The Balaban J connectivity index is 2.92. The van der Waals surface area contributed by atoms with Crippen LogP contribution in [0.25, 0.3) is 0 Å². The summed E-state index contributed by atoms with van der Waals surface area (Å²) < 4.78 is 0. The van der Waals surface area contributed by atoms with Crippen LogP contribution >= 0.6 is 11.6 Å². The van der Waals surface area contributed by atoms with Crippen LogP contribution in [0.1, 0.15) is 58.1 Å². The van der Waals surface area contributed by atoms with Gasteiger partial charge in [-0.05, 0) is 44.5 Å². The number of benzene rings is 1. The lowest BCUT2D eigenvalue weighted by molar-refractivity contribution is 0.0694.